The highest BCUT2D eigenvalue weighted by Gasteiger charge is 2.58. The maximum Gasteiger partial charge on any atom is 0.0621 e. The molecule has 3 fully saturated rings. The Bertz CT molecular complexity index is 911. The molecule has 1 N–H and O–H groups in total. The third kappa shape index (κ3) is 6.97. The van der Waals surface area contributed by atoms with Crippen molar-refractivity contribution in [2.75, 3.05) is 33.2 Å². The second kappa shape index (κ2) is 13.4. The summed E-state index contributed by atoms with van der Waals surface area (Å²) in [6.07, 6.45) is 19.3. The van der Waals surface area contributed by atoms with E-state index in [2.05, 4.69) is 55.9 Å². The van der Waals surface area contributed by atoms with Crippen LogP contribution in [0.4, 0.5) is 0 Å². The van der Waals surface area contributed by atoms with Gasteiger partial charge in [0.1, 0.15) is 0 Å². The molecule has 0 amide bonds. The Kier molecular flexibility index (Phi) is 10.8. The first-order valence-corrected chi connectivity index (χ1v) is 15.2. The van der Waals surface area contributed by atoms with Crippen molar-refractivity contribution in [2.45, 2.75) is 97.8 Å². The average Bonchev–Trinajstić information content (AvgIpc) is 3.47. The normalized spacial score (nSPS) is 25.5. The number of allylic oxidation sites excluding steroid dienone is 4. The van der Waals surface area contributed by atoms with Crippen LogP contribution >= 0.6 is 0 Å². The number of hydrogen-bond acceptors (Lipinski definition) is 4. The predicted octanol–water partition coefficient (Wildman–Crippen LogP) is 8.15. The third-order valence-corrected chi connectivity index (χ3v) is 9.75. The van der Waals surface area contributed by atoms with Gasteiger partial charge in [-0.3, -0.25) is 9.98 Å². The molecule has 2 unspecified atom stereocenters. The van der Waals surface area contributed by atoms with Gasteiger partial charge in [-0.1, -0.05) is 71.8 Å². The Balaban J connectivity index is 1.69. The Morgan fingerprint density at radius 2 is 1.71 bits per heavy atom. The number of nitrogens with zero attached hydrogens (tertiary/aromatic N) is 3. The second-order valence-electron chi connectivity index (χ2n) is 13.4. The lowest BCUT2D eigenvalue weighted by Gasteiger charge is -2.52. The van der Waals surface area contributed by atoms with Gasteiger partial charge in [0.05, 0.1) is 5.71 Å². The molecule has 3 aliphatic rings. The molecule has 3 rings (SSSR count). The summed E-state index contributed by atoms with van der Waals surface area (Å²) in [7, 11) is 2.01. The van der Waals surface area contributed by atoms with E-state index in [-0.39, 0.29) is 5.41 Å². The zero-order valence-electron chi connectivity index (χ0n) is 25.2. The fraction of sp³-hybridized carbons (Fsp3) is 0.706. The zero-order chi connectivity index (χ0) is 27.8. The number of aliphatic imine (C=N–C) groups is 2. The maximum absolute atomic E-state index is 5.08. The molecule has 3 aliphatic carbocycles. The van der Waals surface area contributed by atoms with Gasteiger partial charge in [0.15, 0.2) is 0 Å². The van der Waals surface area contributed by atoms with Gasteiger partial charge in [-0.2, -0.15) is 0 Å². The second-order valence-corrected chi connectivity index (χ2v) is 13.4. The molecular formula is C34H56N4. The smallest absolute Gasteiger partial charge is 0.0621 e. The summed E-state index contributed by atoms with van der Waals surface area (Å²) in [5.74, 6) is 0.331. The first-order valence-electron chi connectivity index (χ1n) is 15.2. The van der Waals surface area contributed by atoms with Gasteiger partial charge in [0, 0.05) is 44.0 Å². The molecule has 2 atom stereocenters. The molecule has 0 aromatic rings. The number of likely N-dealkylation sites (N-methyl/N-ethyl adjacent to an activating group) is 1. The van der Waals surface area contributed by atoms with Crippen LogP contribution in [-0.2, 0) is 0 Å². The van der Waals surface area contributed by atoms with E-state index in [9.17, 15) is 0 Å². The molecule has 3 saturated carbocycles. The molecule has 2 spiro atoms. The minimum atomic E-state index is 0.233. The molecule has 212 valence electrons. The summed E-state index contributed by atoms with van der Waals surface area (Å²) >= 11 is 0. The van der Waals surface area contributed by atoms with E-state index in [1.54, 1.807) is 6.20 Å². The molecule has 0 aromatic carbocycles. The summed E-state index contributed by atoms with van der Waals surface area (Å²) < 4.78 is 0. The van der Waals surface area contributed by atoms with Gasteiger partial charge in [-0.15, -0.1) is 0 Å². The average molecular weight is 521 g/mol. The van der Waals surface area contributed by atoms with E-state index in [0.29, 0.717) is 16.7 Å². The van der Waals surface area contributed by atoms with Gasteiger partial charge in [-0.25, -0.2) is 0 Å². The van der Waals surface area contributed by atoms with Gasteiger partial charge in [0.25, 0.3) is 0 Å². The maximum atomic E-state index is 5.08. The molecular weight excluding hydrogens is 464 g/mol. The quantitative estimate of drug-likeness (QED) is 0.151. The lowest BCUT2D eigenvalue weighted by atomic mass is 9.52. The molecule has 0 heterocycles. The van der Waals surface area contributed by atoms with Crippen LogP contribution in [0.2, 0.25) is 0 Å². The molecule has 4 heteroatoms. The minimum Gasteiger partial charge on any atom is -0.374 e. The van der Waals surface area contributed by atoms with Crippen LogP contribution in [0.15, 0.2) is 58.8 Å². The summed E-state index contributed by atoms with van der Waals surface area (Å²) in [4.78, 5) is 11.5. The van der Waals surface area contributed by atoms with Crippen molar-refractivity contribution in [1.82, 2.24) is 10.2 Å². The highest BCUT2D eigenvalue weighted by Crippen LogP contribution is 2.68. The molecule has 38 heavy (non-hydrogen) atoms. The van der Waals surface area contributed by atoms with Gasteiger partial charge >= 0.3 is 0 Å². The Morgan fingerprint density at radius 1 is 1.05 bits per heavy atom. The highest BCUT2D eigenvalue weighted by molar-refractivity contribution is 6.08. The fourth-order valence-corrected chi connectivity index (χ4v) is 7.93. The van der Waals surface area contributed by atoms with Crippen LogP contribution in [0.1, 0.15) is 97.8 Å². The lowest BCUT2D eigenvalue weighted by molar-refractivity contribution is 0.0264. The van der Waals surface area contributed by atoms with Gasteiger partial charge in [-0.05, 0) is 93.0 Å². The van der Waals surface area contributed by atoms with Crippen molar-refractivity contribution >= 4 is 12.4 Å². The van der Waals surface area contributed by atoms with Crippen molar-refractivity contribution in [1.29, 1.82) is 0 Å². The number of hydrogen-bond donors (Lipinski definition) is 1. The standard InChI is InChI=1S/C34H56N4/c1-27(26-32(4,5)6)38(25-23-36-8)24-13-21-37-31(15-22-35-7)28(2)30-14-20-34(29(30)3)19-12-11-18-33(34)16-9-10-17-33/h15,22,30,36H,1-3,7,9-14,16-21,23-26H2,4-6,8H3/b22-15-,37-31?. The van der Waals surface area contributed by atoms with Crippen LogP contribution in [0.5, 0.6) is 0 Å². The molecule has 0 bridgehead atoms. The van der Waals surface area contributed by atoms with Crippen molar-refractivity contribution in [3.05, 3.63) is 48.9 Å². The SMILES string of the molecule is C=N/C=C\C(=NCCCN(CCNC)C(=C)CC(C)(C)C)C(=C)C1CCC2(CCCCC23CCCC3)C1=C. The zero-order valence-corrected chi connectivity index (χ0v) is 25.2. The van der Waals surface area contributed by atoms with Crippen LogP contribution in [0.3, 0.4) is 0 Å². The van der Waals surface area contributed by atoms with Crippen LogP contribution < -0.4 is 5.32 Å². The Labute approximate surface area is 234 Å². The molecule has 4 nitrogen and oxygen atoms in total. The summed E-state index contributed by atoms with van der Waals surface area (Å²) in [6, 6.07) is 0. The van der Waals surface area contributed by atoms with E-state index in [1.165, 1.54) is 69.1 Å². The van der Waals surface area contributed by atoms with Crippen molar-refractivity contribution in [2.24, 2.45) is 32.1 Å². The van der Waals surface area contributed by atoms with Crippen LogP contribution in [0.25, 0.3) is 0 Å². The molecule has 0 aromatic heterocycles. The summed E-state index contributed by atoms with van der Waals surface area (Å²) in [5.41, 5.74) is 5.85. The van der Waals surface area contributed by atoms with E-state index in [4.69, 9.17) is 11.6 Å². The largest absolute Gasteiger partial charge is 0.374 e. The number of rotatable bonds is 13. The van der Waals surface area contributed by atoms with Crippen LogP contribution in [-0.4, -0.2) is 50.6 Å². The Hall–Kier alpha value is -1.94. The monoisotopic (exact) mass is 520 g/mol. The van der Waals surface area contributed by atoms with Crippen molar-refractivity contribution in [3.8, 4) is 0 Å². The van der Waals surface area contributed by atoms with E-state index < -0.39 is 0 Å². The predicted molar refractivity (Wildman–Crippen MR) is 167 cm³/mol. The van der Waals surface area contributed by atoms with E-state index >= 15 is 0 Å². The van der Waals surface area contributed by atoms with Crippen LogP contribution in [0, 0.1) is 22.2 Å². The Morgan fingerprint density at radius 3 is 2.32 bits per heavy atom. The lowest BCUT2D eigenvalue weighted by Crippen LogP contribution is -2.42. The number of nitrogens with one attached hydrogen (secondary N) is 1. The highest BCUT2D eigenvalue weighted by atomic mass is 15.1. The summed E-state index contributed by atoms with van der Waals surface area (Å²) in [6.45, 7) is 28.0. The minimum absolute atomic E-state index is 0.233. The first-order chi connectivity index (χ1) is 18.1. The third-order valence-electron chi connectivity index (χ3n) is 9.75. The first kappa shape index (κ1) is 30.6. The van der Waals surface area contributed by atoms with Gasteiger partial charge < -0.3 is 10.2 Å². The van der Waals surface area contributed by atoms with Crippen molar-refractivity contribution in [3.63, 3.8) is 0 Å². The summed E-state index contributed by atoms with van der Waals surface area (Å²) in [5, 5.41) is 3.28. The van der Waals surface area contributed by atoms with Crippen molar-refractivity contribution < 1.29 is 0 Å². The van der Waals surface area contributed by atoms with Gasteiger partial charge in [0.2, 0.25) is 0 Å². The molecule has 0 saturated heterocycles. The number of fused-ring (bicyclic) bond motifs is 1. The fourth-order valence-electron chi connectivity index (χ4n) is 7.93. The topological polar surface area (TPSA) is 40.0 Å². The molecule has 0 radical (unpaired) electrons. The van der Waals surface area contributed by atoms with E-state index in [0.717, 1.165) is 56.7 Å². The molecule has 0 aliphatic heterocycles. The van der Waals surface area contributed by atoms with E-state index in [1.807, 2.05) is 13.1 Å².